The normalized spacial score (nSPS) is 15.2. The molecule has 1 fully saturated rings. The van der Waals surface area contributed by atoms with E-state index in [9.17, 15) is 19.1 Å². The Morgan fingerprint density at radius 1 is 1.35 bits per heavy atom. The van der Waals surface area contributed by atoms with Gasteiger partial charge in [-0.05, 0) is 42.4 Å². The summed E-state index contributed by atoms with van der Waals surface area (Å²) in [5.74, 6) is -1.70. The number of aryl methyl sites for hydroxylation is 1. The number of carboxylic acid groups (broad SMARTS) is 1. The summed E-state index contributed by atoms with van der Waals surface area (Å²) in [6.07, 6.45) is 3.30. The molecule has 0 radical (unpaired) electrons. The maximum absolute atomic E-state index is 14.8. The minimum absolute atomic E-state index is 0.183. The molecular formula is C18H20FNO3. The lowest BCUT2D eigenvalue weighted by Crippen LogP contribution is -2.22. The zero-order valence-corrected chi connectivity index (χ0v) is 13.7. The number of pyridine rings is 1. The molecule has 0 bridgehead atoms. The van der Waals surface area contributed by atoms with Gasteiger partial charge in [-0.25, -0.2) is 9.18 Å². The molecule has 2 aromatic rings. The molecule has 0 amide bonds. The maximum atomic E-state index is 14.8. The number of rotatable bonds is 2. The highest BCUT2D eigenvalue weighted by atomic mass is 19.1. The molecule has 0 unspecified atom stereocenters. The van der Waals surface area contributed by atoms with E-state index in [1.807, 2.05) is 25.3 Å². The second-order valence-electron chi connectivity index (χ2n) is 7.32. The van der Waals surface area contributed by atoms with Crippen LogP contribution in [0, 0.1) is 12.7 Å². The molecule has 0 saturated heterocycles. The standard InChI is InChI=1S/C18H20FNO3/c1-9-14-13(7-12(15(9)19)18(2,3)4)20(10-5-6-10)8-11(16(14)21)17(22)23/h7-8,10H,5-6H2,1-4H3,(H,22,23). The fourth-order valence-electron chi connectivity index (χ4n) is 3.02. The molecule has 5 heteroatoms. The SMILES string of the molecule is Cc1c(F)c(C(C)(C)C)cc2c1c(=O)c(C(=O)O)cn2C1CC1. The quantitative estimate of drug-likeness (QED) is 0.917. The van der Waals surface area contributed by atoms with Gasteiger partial charge in [0.25, 0.3) is 0 Å². The molecule has 3 rings (SSSR count). The zero-order chi connectivity index (χ0) is 17.1. The van der Waals surface area contributed by atoms with E-state index in [1.165, 1.54) is 6.20 Å². The van der Waals surface area contributed by atoms with Gasteiger partial charge in [0.15, 0.2) is 0 Å². The van der Waals surface area contributed by atoms with Gasteiger partial charge in [0.05, 0.1) is 10.9 Å². The number of carbonyl (C=O) groups is 1. The number of nitrogens with zero attached hydrogens (tertiary/aromatic N) is 1. The van der Waals surface area contributed by atoms with Crippen LogP contribution in [0.4, 0.5) is 4.39 Å². The van der Waals surface area contributed by atoms with Crippen LogP contribution in [0.3, 0.4) is 0 Å². The second kappa shape index (κ2) is 4.91. The lowest BCUT2D eigenvalue weighted by Gasteiger charge is -2.23. The molecule has 1 aliphatic rings. The smallest absolute Gasteiger partial charge is 0.341 e. The Labute approximate surface area is 133 Å². The first-order valence-electron chi connectivity index (χ1n) is 7.74. The van der Waals surface area contributed by atoms with E-state index in [0.29, 0.717) is 11.1 Å². The number of carboxylic acids is 1. The van der Waals surface area contributed by atoms with Crippen molar-refractivity contribution in [3.63, 3.8) is 0 Å². The van der Waals surface area contributed by atoms with Gasteiger partial charge < -0.3 is 9.67 Å². The summed E-state index contributed by atoms with van der Waals surface area (Å²) in [5, 5.41) is 9.47. The predicted octanol–water partition coefficient (Wildman–Crippen LogP) is 3.78. The van der Waals surface area contributed by atoms with Crippen LogP contribution < -0.4 is 5.43 Å². The van der Waals surface area contributed by atoms with E-state index >= 15 is 0 Å². The van der Waals surface area contributed by atoms with Gasteiger partial charge >= 0.3 is 5.97 Å². The highest BCUT2D eigenvalue weighted by Gasteiger charge is 2.30. The first kappa shape index (κ1) is 15.7. The average Bonchev–Trinajstić information content (AvgIpc) is 3.25. The van der Waals surface area contributed by atoms with Crippen molar-refractivity contribution in [1.29, 1.82) is 0 Å². The van der Waals surface area contributed by atoms with Crippen molar-refractivity contribution in [2.45, 2.75) is 52.0 Å². The molecule has 1 saturated carbocycles. The van der Waals surface area contributed by atoms with Crippen LogP contribution >= 0.6 is 0 Å². The number of hydrogen-bond acceptors (Lipinski definition) is 2. The first-order valence-corrected chi connectivity index (χ1v) is 7.74. The largest absolute Gasteiger partial charge is 0.477 e. The van der Waals surface area contributed by atoms with Gasteiger partial charge in [-0.1, -0.05) is 20.8 Å². The molecule has 1 N–H and O–H groups in total. The minimum Gasteiger partial charge on any atom is -0.477 e. The third-order valence-corrected chi connectivity index (χ3v) is 4.47. The van der Waals surface area contributed by atoms with Gasteiger partial charge in [-0.15, -0.1) is 0 Å². The summed E-state index contributed by atoms with van der Waals surface area (Å²) in [6, 6.07) is 1.90. The van der Waals surface area contributed by atoms with Crippen LogP contribution in [0.25, 0.3) is 10.9 Å². The summed E-state index contributed by atoms with van der Waals surface area (Å²) in [6.45, 7) is 7.31. The van der Waals surface area contributed by atoms with E-state index in [-0.39, 0.29) is 22.6 Å². The molecule has 4 nitrogen and oxygen atoms in total. The molecule has 1 heterocycles. The summed E-state index contributed by atoms with van der Waals surface area (Å²) < 4.78 is 16.6. The average molecular weight is 317 g/mol. The van der Waals surface area contributed by atoms with Gasteiger partial charge in [0.1, 0.15) is 11.4 Å². The van der Waals surface area contributed by atoms with Crippen molar-refractivity contribution in [1.82, 2.24) is 4.57 Å². The van der Waals surface area contributed by atoms with Crippen molar-refractivity contribution < 1.29 is 14.3 Å². The topological polar surface area (TPSA) is 59.3 Å². The Balaban J connectivity index is 2.50. The van der Waals surface area contributed by atoms with Gasteiger partial charge in [0.2, 0.25) is 5.43 Å². The van der Waals surface area contributed by atoms with Crippen LogP contribution in [0.1, 0.15) is 61.1 Å². The summed E-state index contributed by atoms with van der Waals surface area (Å²) >= 11 is 0. The highest BCUT2D eigenvalue weighted by Crippen LogP contribution is 2.39. The molecular weight excluding hydrogens is 297 g/mol. The fraction of sp³-hybridized carbons (Fsp3) is 0.444. The second-order valence-corrected chi connectivity index (χ2v) is 7.32. The molecule has 0 spiro atoms. The number of hydrogen-bond donors (Lipinski definition) is 1. The molecule has 23 heavy (non-hydrogen) atoms. The third-order valence-electron chi connectivity index (χ3n) is 4.47. The Morgan fingerprint density at radius 2 is 1.96 bits per heavy atom. The first-order chi connectivity index (χ1) is 10.6. The van der Waals surface area contributed by atoms with E-state index in [1.54, 1.807) is 13.0 Å². The van der Waals surface area contributed by atoms with E-state index < -0.39 is 22.6 Å². The molecule has 122 valence electrons. The number of fused-ring (bicyclic) bond motifs is 1. The lowest BCUT2D eigenvalue weighted by molar-refractivity contribution is 0.0695. The Hall–Kier alpha value is -2.17. The van der Waals surface area contributed by atoms with Crippen LogP contribution in [0.15, 0.2) is 17.1 Å². The number of halogens is 1. The van der Waals surface area contributed by atoms with E-state index in [4.69, 9.17) is 0 Å². The molecule has 0 aliphatic heterocycles. The van der Waals surface area contributed by atoms with Crippen molar-refractivity contribution in [2.75, 3.05) is 0 Å². The molecule has 1 aromatic heterocycles. The molecule has 1 aromatic carbocycles. The van der Waals surface area contributed by atoms with Crippen molar-refractivity contribution in [2.24, 2.45) is 0 Å². The van der Waals surface area contributed by atoms with Crippen LogP contribution in [-0.2, 0) is 5.41 Å². The fourth-order valence-corrected chi connectivity index (χ4v) is 3.02. The van der Waals surface area contributed by atoms with Crippen LogP contribution in [0.5, 0.6) is 0 Å². The predicted molar refractivity (Wildman–Crippen MR) is 86.8 cm³/mol. The van der Waals surface area contributed by atoms with Gasteiger partial charge in [-0.3, -0.25) is 4.79 Å². The number of aromatic nitrogens is 1. The Morgan fingerprint density at radius 3 is 2.43 bits per heavy atom. The minimum atomic E-state index is -1.27. The van der Waals surface area contributed by atoms with Crippen molar-refractivity contribution in [3.05, 3.63) is 45.0 Å². The third kappa shape index (κ3) is 2.44. The van der Waals surface area contributed by atoms with E-state index in [2.05, 4.69) is 0 Å². The van der Waals surface area contributed by atoms with Crippen molar-refractivity contribution >= 4 is 16.9 Å². The summed E-state index contributed by atoms with van der Waals surface area (Å²) in [5.41, 5.74) is 0.0937. The highest BCUT2D eigenvalue weighted by molar-refractivity contribution is 5.94. The monoisotopic (exact) mass is 317 g/mol. The van der Waals surface area contributed by atoms with Crippen LogP contribution in [0.2, 0.25) is 0 Å². The van der Waals surface area contributed by atoms with Crippen LogP contribution in [-0.4, -0.2) is 15.6 Å². The molecule has 0 atom stereocenters. The zero-order valence-electron chi connectivity index (χ0n) is 13.7. The molecule has 1 aliphatic carbocycles. The van der Waals surface area contributed by atoms with Gasteiger partial charge in [0, 0.05) is 12.2 Å². The Kier molecular flexibility index (Phi) is 3.36. The maximum Gasteiger partial charge on any atom is 0.341 e. The lowest BCUT2D eigenvalue weighted by atomic mass is 9.84. The van der Waals surface area contributed by atoms with Gasteiger partial charge in [-0.2, -0.15) is 0 Å². The van der Waals surface area contributed by atoms with E-state index in [0.717, 1.165) is 12.8 Å². The van der Waals surface area contributed by atoms with Crippen molar-refractivity contribution in [3.8, 4) is 0 Å². The number of aromatic carboxylic acids is 1. The summed E-state index contributed by atoms with van der Waals surface area (Å²) in [7, 11) is 0. The number of benzene rings is 1. The Bertz CT molecular complexity index is 886. The summed E-state index contributed by atoms with van der Waals surface area (Å²) in [4.78, 5) is 23.9.